The van der Waals surface area contributed by atoms with Gasteiger partial charge in [0.1, 0.15) is 0 Å². The van der Waals surface area contributed by atoms with Crippen LogP contribution in [0.3, 0.4) is 0 Å². The van der Waals surface area contributed by atoms with Crippen molar-refractivity contribution in [3.05, 3.63) is 11.9 Å². The van der Waals surface area contributed by atoms with Crippen molar-refractivity contribution in [2.24, 2.45) is 40.9 Å². The van der Waals surface area contributed by atoms with Crippen molar-refractivity contribution in [1.29, 1.82) is 0 Å². The van der Waals surface area contributed by atoms with Gasteiger partial charge < -0.3 is 15.6 Å². The minimum Gasteiger partial charge on any atom is -0.391 e. The van der Waals surface area contributed by atoms with Crippen molar-refractivity contribution in [3.63, 3.8) is 0 Å². The molecular formula is C24H41N3O2. The molecule has 5 heteroatoms. The van der Waals surface area contributed by atoms with Crippen molar-refractivity contribution in [3.8, 4) is 0 Å². The number of hydrogen-bond donors (Lipinski definition) is 4. The number of allylic oxidation sites excluding steroid dienone is 1. The number of aliphatic hydroxyl groups excluding tert-OH is 1. The third kappa shape index (κ3) is 3.41. The van der Waals surface area contributed by atoms with Gasteiger partial charge in [-0.2, -0.15) is 0 Å². The summed E-state index contributed by atoms with van der Waals surface area (Å²) < 4.78 is 0. The molecule has 29 heavy (non-hydrogen) atoms. The number of rotatable bonds is 3. The first-order chi connectivity index (χ1) is 13.8. The molecule has 1 unspecified atom stereocenters. The molecule has 5 nitrogen and oxygen atoms in total. The molecular weight excluding hydrogens is 362 g/mol. The minimum absolute atomic E-state index is 0.279. The maximum absolute atomic E-state index is 11.2. The molecule has 0 aromatic rings. The number of nitrogens with one attached hydrogen (secondary N) is 2. The van der Waals surface area contributed by atoms with Crippen LogP contribution in [-0.4, -0.2) is 33.5 Å². The highest BCUT2D eigenvalue weighted by atomic mass is 16.3. The Bertz CT molecular complexity index is 665. The van der Waals surface area contributed by atoms with E-state index < -0.39 is 5.60 Å². The van der Waals surface area contributed by atoms with E-state index >= 15 is 0 Å². The molecule has 0 bridgehead atoms. The maximum atomic E-state index is 11.2. The fraction of sp³-hybridized carbons (Fsp3) is 0.917. The third-order valence-corrected chi connectivity index (χ3v) is 9.90. The Kier molecular flexibility index (Phi) is 4.95. The molecule has 9 atom stereocenters. The molecule has 1 aliphatic heterocycles. The fourth-order valence-corrected chi connectivity index (χ4v) is 8.64. The number of fused-ring (bicyclic) bond motifs is 5. The molecule has 1 heterocycles. The van der Waals surface area contributed by atoms with Crippen LogP contribution in [-0.2, 0) is 0 Å². The first-order valence-electron chi connectivity index (χ1n) is 12.1. The molecule has 0 aromatic carbocycles. The predicted molar refractivity (Wildman–Crippen MR) is 114 cm³/mol. The van der Waals surface area contributed by atoms with Crippen LogP contribution in [0.25, 0.3) is 0 Å². The zero-order valence-electron chi connectivity index (χ0n) is 18.5. The summed E-state index contributed by atoms with van der Waals surface area (Å²) in [4.78, 5) is 0. The zero-order chi connectivity index (χ0) is 20.4. The number of nitrogens with zero attached hydrogens (tertiary/aromatic N) is 1. The lowest BCUT2D eigenvalue weighted by atomic mass is 9.49. The highest BCUT2D eigenvalue weighted by Crippen LogP contribution is 2.65. The van der Waals surface area contributed by atoms with E-state index in [1.54, 1.807) is 0 Å². The first kappa shape index (κ1) is 20.1. The highest BCUT2D eigenvalue weighted by Gasteiger charge is 2.58. The van der Waals surface area contributed by atoms with Crippen molar-refractivity contribution < 1.29 is 10.2 Å². The van der Waals surface area contributed by atoms with E-state index in [0.717, 1.165) is 48.1 Å². The summed E-state index contributed by atoms with van der Waals surface area (Å²) >= 11 is 0. The Labute approximate surface area is 176 Å². The summed E-state index contributed by atoms with van der Waals surface area (Å²) in [5.74, 6) is 4.50. The van der Waals surface area contributed by atoms with E-state index in [0.29, 0.717) is 17.9 Å². The van der Waals surface area contributed by atoms with E-state index in [2.05, 4.69) is 24.8 Å². The lowest BCUT2D eigenvalue weighted by Gasteiger charge is -2.57. The Morgan fingerprint density at radius 3 is 2.62 bits per heavy atom. The first-order valence-corrected chi connectivity index (χ1v) is 12.1. The van der Waals surface area contributed by atoms with Crippen molar-refractivity contribution in [2.45, 2.75) is 90.3 Å². The quantitative estimate of drug-likeness (QED) is 0.580. The molecule has 5 aliphatic rings. The standard InChI is InChI=1S/C24H41N3O2/c1-15-13-27(26-25-15)14-22(28)21-7-6-20-19-5-4-16-12-23(2,29)10-8-17(16)18(19)9-11-24(20,21)3/h13,16-22,25-26,28-29H,4-12,14H2,1-3H3/t16-,17+,18-,19-,20+,21-,22?,23-,24+/m1/s1. The maximum Gasteiger partial charge on any atom is 0.0764 e. The molecule has 4 N–H and O–H groups in total. The fourth-order valence-electron chi connectivity index (χ4n) is 8.64. The smallest absolute Gasteiger partial charge is 0.0764 e. The Balaban J connectivity index is 1.28. The second-order valence-corrected chi connectivity index (χ2v) is 11.7. The number of aliphatic hydroxyl groups is 2. The highest BCUT2D eigenvalue weighted by molar-refractivity contribution is 5.08. The Morgan fingerprint density at radius 2 is 1.86 bits per heavy atom. The zero-order valence-corrected chi connectivity index (χ0v) is 18.5. The summed E-state index contributed by atoms with van der Waals surface area (Å²) in [5.41, 5.74) is 7.21. The van der Waals surface area contributed by atoms with Crippen LogP contribution in [0.4, 0.5) is 0 Å². The SMILES string of the molecule is CC1=CN(CC(O)[C@H]2CC[C@H]3[C@@H]4CC[C@@H]5C[C@](C)(O)CC[C@@H]5[C@H]4CC[C@]23C)NN1. The topological polar surface area (TPSA) is 67.8 Å². The van der Waals surface area contributed by atoms with Crippen LogP contribution < -0.4 is 11.0 Å². The van der Waals surface area contributed by atoms with E-state index in [4.69, 9.17) is 0 Å². The third-order valence-electron chi connectivity index (χ3n) is 9.90. The molecule has 4 fully saturated rings. The van der Waals surface area contributed by atoms with Crippen molar-refractivity contribution in [1.82, 2.24) is 16.0 Å². The van der Waals surface area contributed by atoms with Gasteiger partial charge >= 0.3 is 0 Å². The lowest BCUT2D eigenvalue weighted by Crippen LogP contribution is -2.52. The van der Waals surface area contributed by atoms with Gasteiger partial charge in [0.05, 0.1) is 18.2 Å². The monoisotopic (exact) mass is 403 g/mol. The molecule has 164 valence electrons. The van der Waals surface area contributed by atoms with Crippen LogP contribution in [0.15, 0.2) is 11.9 Å². The molecule has 0 amide bonds. The van der Waals surface area contributed by atoms with Crippen LogP contribution >= 0.6 is 0 Å². The van der Waals surface area contributed by atoms with Gasteiger partial charge in [0, 0.05) is 11.9 Å². The van der Waals surface area contributed by atoms with E-state index in [1.807, 2.05) is 18.1 Å². The van der Waals surface area contributed by atoms with Gasteiger partial charge in [0.25, 0.3) is 0 Å². The van der Waals surface area contributed by atoms with E-state index in [1.165, 1.54) is 44.9 Å². The molecule has 0 saturated heterocycles. The van der Waals surface area contributed by atoms with E-state index in [9.17, 15) is 10.2 Å². The average molecular weight is 404 g/mol. The average Bonchev–Trinajstić information content (AvgIpc) is 3.22. The summed E-state index contributed by atoms with van der Waals surface area (Å²) in [6, 6.07) is 0. The van der Waals surface area contributed by atoms with Gasteiger partial charge in [-0.25, -0.2) is 0 Å². The lowest BCUT2D eigenvalue weighted by molar-refractivity contribution is -0.109. The Hall–Kier alpha value is -0.780. The van der Waals surface area contributed by atoms with Gasteiger partial charge in [0.2, 0.25) is 0 Å². The number of hydrogen-bond acceptors (Lipinski definition) is 5. The van der Waals surface area contributed by atoms with Crippen LogP contribution in [0.1, 0.15) is 78.6 Å². The Morgan fingerprint density at radius 1 is 1.07 bits per heavy atom. The predicted octanol–water partition coefficient (Wildman–Crippen LogP) is 3.55. The van der Waals surface area contributed by atoms with Crippen molar-refractivity contribution >= 4 is 0 Å². The van der Waals surface area contributed by atoms with E-state index in [-0.39, 0.29) is 6.10 Å². The van der Waals surface area contributed by atoms with Gasteiger partial charge in [0.15, 0.2) is 0 Å². The molecule has 0 spiro atoms. The van der Waals surface area contributed by atoms with Crippen LogP contribution in [0.5, 0.6) is 0 Å². The summed E-state index contributed by atoms with van der Waals surface area (Å²) in [6.07, 6.45) is 12.8. The van der Waals surface area contributed by atoms with Gasteiger partial charge in [-0.3, -0.25) is 5.01 Å². The number of hydrazine groups is 2. The molecule has 5 rings (SSSR count). The van der Waals surface area contributed by atoms with Crippen LogP contribution in [0, 0.1) is 40.9 Å². The second kappa shape index (κ2) is 7.13. The van der Waals surface area contributed by atoms with Gasteiger partial charge in [-0.05, 0) is 113 Å². The molecule has 0 radical (unpaired) electrons. The minimum atomic E-state index is -0.426. The van der Waals surface area contributed by atoms with Gasteiger partial charge in [-0.15, -0.1) is 5.53 Å². The molecule has 0 aromatic heterocycles. The summed E-state index contributed by atoms with van der Waals surface area (Å²) in [5, 5.41) is 23.8. The van der Waals surface area contributed by atoms with Crippen molar-refractivity contribution in [2.75, 3.05) is 6.54 Å². The molecule has 4 saturated carbocycles. The summed E-state index contributed by atoms with van der Waals surface area (Å²) in [6.45, 7) is 7.25. The van der Waals surface area contributed by atoms with Crippen LogP contribution in [0.2, 0.25) is 0 Å². The number of β-amino-alcohol motifs (C(OH)–C–C–N with tert-alkyl or cyclic N) is 1. The second-order valence-electron chi connectivity index (χ2n) is 11.7. The van der Waals surface area contributed by atoms with Gasteiger partial charge in [-0.1, -0.05) is 6.92 Å². The summed E-state index contributed by atoms with van der Waals surface area (Å²) in [7, 11) is 0. The normalized spacial score (nSPS) is 50.2. The molecule has 4 aliphatic carbocycles. The largest absolute Gasteiger partial charge is 0.391 e.